The van der Waals surface area contributed by atoms with Crippen LogP contribution in [0.3, 0.4) is 0 Å². The van der Waals surface area contributed by atoms with Gasteiger partial charge in [-0.2, -0.15) is 0 Å². The van der Waals surface area contributed by atoms with E-state index in [9.17, 15) is 9.59 Å². The molecule has 13 heavy (non-hydrogen) atoms. The molecule has 0 atom stereocenters. The van der Waals surface area contributed by atoms with Gasteiger partial charge in [0.15, 0.2) is 0 Å². The summed E-state index contributed by atoms with van der Waals surface area (Å²) in [5.41, 5.74) is 0.0375. The van der Waals surface area contributed by atoms with Crippen LogP contribution in [0, 0.1) is 5.41 Å². The van der Waals surface area contributed by atoms with Gasteiger partial charge in [0.1, 0.15) is 0 Å². The number of amides is 2. The summed E-state index contributed by atoms with van der Waals surface area (Å²) < 4.78 is 0. The lowest BCUT2D eigenvalue weighted by molar-refractivity contribution is -0.138. The molecule has 4 heteroatoms. The molecule has 2 aliphatic rings. The van der Waals surface area contributed by atoms with Crippen molar-refractivity contribution in [3.05, 3.63) is 12.7 Å². The van der Waals surface area contributed by atoms with E-state index in [1.165, 1.54) is 6.08 Å². The van der Waals surface area contributed by atoms with Crippen molar-refractivity contribution in [1.29, 1.82) is 0 Å². The molecule has 2 amide bonds. The molecular formula is C9H12N2O2. The Balaban J connectivity index is 1.93. The Morgan fingerprint density at radius 1 is 1.62 bits per heavy atom. The van der Waals surface area contributed by atoms with E-state index < -0.39 is 0 Å². The number of likely N-dealkylation sites (tertiary alicyclic amines) is 1. The van der Waals surface area contributed by atoms with Crippen molar-refractivity contribution in [1.82, 2.24) is 10.2 Å². The Morgan fingerprint density at radius 3 is 2.77 bits per heavy atom. The number of nitrogens with zero attached hydrogens (tertiary/aromatic N) is 1. The summed E-state index contributed by atoms with van der Waals surface area (Å²) in [4.78, 5) is 23.8. The SMILES string of the molecule is C=CC(=O)N1CC2(CNC(=O)C2)C1. The predicted molar refractivity (Wildman–Crippen MR) is 46.8 cm³/mol. The lowest BCUT2D eigenvalue weighted by Crippen LogP contribution is -2.58. The van der Waals surface area contributed by atoms with Crippen LogP contribution < -0.4 is 5.32 Å². The van der Waals surface area contributed by atoms with Gasteiger partial charge in [0.25, 0.3) is 0 Å². The second-order valence-electron chi connectivity index (χ2n) is 3.85. The van der Waals surface area contributed by atoms with Crippen LogP contribution in [0.25, 0.3) is 0 Å². The molecule has 70 valence electrons. The number of nitrogens with one attached hydrogen (secondary N) is 1. The van der Waals surface area contributed by atoms with Gasteiger partial charge >= 0.3 is 0 Å². The van der Waals surface area contributed by atoms with Crippen LogP contribution in [0.1, 0.15) is 6.42 Å². The highest BCUT2D eigenvalue weighted by atomic mass is 16.2. The van der Waals surface area contributed by atoms with Crippen LogP contribution in [0.4, 0.5) is 0 Å². The van der Waals surface area contributed by atoms with Crippen LogP contribution in [0.2, 0.25) is 0 Å². The molecule has 1 spiro atoms. The van der Waals surface area contributed by atoms with Gasteiger partial charge < -0.3 is 10.2 Å². The average Bonchev–Trinajstić information content (AvgIpc) is 2.43. The lowest BCUT2D eigenvalue weighted by atomic mass is 9.79. The molecule has 0 bridgehead atoms. The highest BCUT2D eigenvalue weighted by molar-refractivity contribution is 5.88. The Bertz CT molecular complexity index is 279. The third-order valence-corrected chi connectivity index (χ3v) is 2.73. The Kier molecular flexibility index (Phi) is 1.65. The third kappa shape index (κ3) is 1.22. The molecule has 0 unspecified atom stereocenters. The molecule has 2 rings (SSSR count). The molecule has 0 radical (unpaired) electrons. The zero-order chi connectivity index (χ0) is 9.47. The fourth-order valence-electron chi connectivity index (χ4n) is 2.02. The first-order chi connectivity index (χ1) is 6.15. The van der Waals surface area contributed by atoms with Crippen molar-refractivity contribution in [2.75, 3.05) is 19.6 Å². The first kappa shape index (κ1) is 8.29. The summed E-state index contributed by atoms with van der Waals surface area (Å²) in [6.45, 7) is 5.52. The molecule has 0 saturated carbocycles. The lowest BCUT2D eigenvalue weighted by Gasteiger charge is -2.46. The van der Waals surface area contributed by atoms with Crippen LogP contribution in [0.5, 0.6) is 0 Å². The summed E-state index contributed by atoms with van der Waals surface area (Å²) in [5, 5.41) is 2.79. The molecule has 2 heterocycles. The van der Waals surface area contributed by atoms with Gasteiger partial charge in [0.05, 0.1) is 0 Å². The highest BCUT2D eigenvalue weighted by Gasteiger charge is 2.49. The third-order valence-electron chi connectivity index (χ3n) is 2.73. The number of carbonyl (C=O) groups excluding carboxylic acids is 2. The minimum atomic E-state index is -0.0371. The van der Waals surface area contributed by atoms with Crippen LogP contribution in [-0.4, -0.2) is 36.3 Å². The van der Waals surface area contributed by atoms with Crippen molar-refractivity contribution in [3.8, 4) is 0 Å². The molecule has 0 aromatic heterocycles. The van der Waals surface area contributed by atoms with Gasteiger partial charge in [0, 0.05) is 31.5 Å². The van der Waals surface area contributed by atoms with Crippen molar-refractivity contribution in [2.45, 2.75) is 6.42 Å². The minimum Gasteiger partial charge on any atom is -0.355 e. The Hall–Kier alpha value is -1.32. The fraction of sp³-hybridized carbons (Fsp3) is 0.556. The summed E-state index contributed by atoms with van der Waals surface area (Å²) >= 11 is 0. The molecule has 0 aromatic carbocycles. The van der Waals surface area contributed by atoms with Crippen molar-refractivity contribution in [3.63, 3.8) is 0 Å². The van der Waals surface area contributed by atoms with Crippen LogP contribution >= 0.6 is 0 Å². The summed E-state index contributed by atoms with van der Waals surface area (Å²) in [6, 6.07) is 0. The van der Waals surface area contributed by atoms with Gasteiger partial charge in [-0.15, -0.1) is 0 Å². The monoisotopic (exact) mass is 180 g/mol. The smallest absolute Gasteiger partial charge is 0.245 e. The molecule has 0 aliphatic carbocycles. The first-order valence-corrected chi connectivity index (χ1v) is 4.33. The van der Waals surface area contributed by atoms with Crippen LogP contribution in [-0.2, 0) is 9.59 Å². The number of hydrogen-bond acceptors (Lipinski definition) is 2. The predicted octanol–water partition coefficient (Wildman–Crippen LogP) is -0.479. The van der Waals surface area contributed by atoms with E-state index in [2.05, 4.69) is 11.9 Å². The van der Waals surface area contributed by atoms with Crippen molar-refractivity contribution < 1.29 is 9.59 Å². The van der Waals surface area contributed by atoms with E-state index >= 15 is 0 Å². The number of hydrogen-bond donors (Lipinski definition) is 1. The summed E-state index contributed by atoms with van der Waals surface area (Å²) in [5.74, 6) is 0.0654. The Morgan fingerprint density at radius 2 is 2.31 bits per heavy atom. The fourth-order valence-corrected chi connectivity index (χ4v) is 2.02. The van der Waals surface area contributed by atoms with E-state index in [1.54, 1.807) is 4.90 Å². The molecule has 2 aliphatic heterocycles. The summed E-state index contributed by atoms with van der Waals surface area (Å²) in [6.07, 6.45) is 1.88. The normalized spacial score (nSPS) is 24.0. The number of rotatable bonds is 1. The zero-order valence-electron chi connectivity index (χ0n) is 7.38. The first-order valence-electron chi connectivity index (χ1n) is 4.33. The second kappa shape index (κ2) is 2.58. The molecule has 0 aromatic rings. The van der Waals surface area contributed by atoms with Gasteiger partial charge in [-0.1, -0.05) is 6.58 Å². The largest absolute Gasteiger partial charge is 0.355 e. The van der Waals surface area contributed by atoms with Gasteiger partial charge in [0.2, 0.25) is 11.8 Å². The maximum Gasteiger partial charge on any atom is 0.245 e. The van der Waals surface area contributed by atoms with E-state index in [4.69, 9.17) is 0 Å². The van der Waals surface area contributed by atoms with E-state index in [0.29, 0.717) is 26.1 Å². The van der Waals surface area contributed by atoms with E-state index in [0.717, 1.165) is 0 Å². The van der Waals surface area contributed by atoms with Gasteiger partial charge in [-0.05, 0) is 6.08 Å². The maximum atomic E-state index is 11.1. The molecular weight excluding hydrogens is 168 g/mol. The van der Waals surface area contributed by atoms with E-state index in [-0.39, 0.29) is 17.2 Å². The molecule has 4 nitrogen and oxygen atoms in total. The average molecular weight is 180 g/mol. The Labute approximate surface area is 76.6 Å². The van der Waals surface area contributed by atoms with Gasteiger partial charge in [-0.25, -0.2) is 0 Å². The molecule has 1 N–H and O–H groups in total. The zero-order valence-corrected chi connectivity index (χ0v) is 7.38. The maximum absolute atomic E-state index is 11.1. The minimum absolute atomic E-state index is 0.0371. The second-order valence-corrected chi connectivity index (χ2v) is 3.85. The molecule has 2 fully saturated rings. The molecule has 2 saturated heterocycles. The highest BCUT2D eigenvalue weighted by Crippen LogP contribution is 2.36. The summed E-state index contributed by atoms with van der Waals surface area (Å²) in [7, 11) is 0. The number of carbonyl (C=O) groups is 2. The van der Waals surface area contributed by atoms with E-state index in [1.807, 2.05) is 0 Å². The van der Waals surface area contributed by atoms with Crippen LogP contribution in [0.15, 0.2) is 12.7 Å². The topological polar surface area (TPSA) is 49.4 Å². The van der Waals surface area contributed by atoms with Crippen molar-refractivity contribution in [2.24, 2.45) is 5.41 Å². The van der Waals surface area contributed by atoms with Gasteiger partial charge in [-0.3, -0.25) is 9.59 Å². The quantitative estimate of drug-likeness (QED) is 0.554. The van der Waals surface area contributed by atoms with Crippen molar-refractivity contribution >= 4 is 11.8 Å². The standard InChI is InChI=1S/C9H12N2O2/c1-2-8(13)11-5-9(6-11)3-7(12)10-4-9/h2H,1,3-6H2,(H,10,12).